The minimum Gasteiger partial charge on any atom is -0.385 e. The Morgan fingerprint density at radius 3 is 2.72 bits per heavy atom. The molecule has 2 heteroatoms. The zero-order valence-corrected chi connectivity index (χ0v) is 11.6. The summed E-state index contributed by atoms with van der Waals surface area (Å²) in [5, 5.41) is 7.16. The summed E-state index contributed by atoms with van der Waals surface area (Å²) in [6, 6.07) is 8.93. The lowest BCUT2D eigenvalue weighted by molar-refractivity contribution is 0.483. The van der Waals surface area contributed by atoms with Gasteiger partial charge in [0.15, 0.2) is 0 Å². The fourth-order valence-electron chi connectivity index (χ4n) is 2.91. The lowest BCUT2D eigenvalue weighted by Crippen LogP contribution is -2.13. The van der Waals surface area contributed by atoms with Crippen LogP contribution in [0, 0.1) is 5.92 Å². The third-order valence-electron chi connectivity index (χ3n) is 4.02. The maximum absolute atomic E-state index is 3.63. The van der Waals surface area contributed by atoms with E-state index in [9.17, 15) is 0 Å². The molecule has 1 nitrogen and oxygen atoms in total. The molecule has 0 unspecified atom stereocenters. The summed E-state index contributed by atoms with van der Waals surface area (Å²) >= 11 is 1.82. The zero-order chi connectivity index (χ0) is 12.2. The Bertz CT molecular complexity index is 495. The van der Waals surface area contributed by atoms with Gasteiger partial charge >= 0.3 is 0 Å². The van der Waals surface area contributed by atoms with Gasteiger partial charge in [-0.3, -0.25) is 0 Å². The molecule has 3 rings (SSSR count). The highest BCUT2D eigenvalue weighted by Gasteiger charge is 2.11. The van der Waals surface area contributed by atoms with Crippen LogP contribution in [-0.4, -0.2) is 6.54 Å². The second-order valence-corrected chi connectivity index (χ2v) is 6.36. The summed E-state index contributed by atoms with van der Waals surface area (Å²) in [5.41, 5.74) is 1.28. The van der Waals surface area contributed by atoms with Crippen molar-refractivity contribution in [3.63, 3.8) is 0 Å². The number of nitrogens with one attached hydrogen (secondary N) is 1. The molecular weight excluding hydrogens is 238 g/mol. The number of hydrogen-bond acceptors (Lipinski definition) is 2. The first-order chi connectivity index (χ1) is 8.92. The molecule has 1 N–H and O–H groups in total. The van der Waals surface area contributed by atoms with Crippen molar-refractivity contribution < 1.29 is 0 Å². The summed E-state index contributed by atoms with van der Waals surface area (Å²) in [4.78, 5) is 0. The van der Waals surface area contributed by atoms with Gasteiger partial charge in [-0.1, -0.05) is 25.7 Å². The van der Waals surface area contributed by atoms with Crippen LogP contribution in [0.3, 0.4) is 0 Å². The smallest absolute Gasteiger partial charge is 0.0347 e. The van der Waals surface area contributed by atoms with Crippen molar-refractivity contribution in [2.75, 3.05) is 11.9 Å². The van der Waals surface area contributed by atoms with E-state index >= 15 is 0 Å². The van der Waals surface area contributed by atoms with E-state index in [0.717, 1.165) is 12.5 Å². The van der Waals surface area contributed by atoms with Crippen molar-refractivity contribution in [3.05, 3.63) is 29.6 Å². The maximum Gasteiger partial charge on any atom is 0.0347 e. The third kappa shape index (κ3) is 2.86. The molecule has 2 aromatic rings. The molecule has 1 aromatic heterocycles. The number of hydrogen-bond donors (Lipinski definition) is 1. The molecule has 0 spiro atoms. The van der Waals surface area contributed by atoms with Crippen molar-refractivity contribution >= 4 is 27.1 Å². The Morgan fingerprint density at radius 2 is 1.89 bits per heavy atom. The number of thiophene rings is 1. The van der Waals surface area contributed by atoms with E-state index < -0.39 is 0 Å². The Balaban J connectivity index is 1.61. The standard InChI is InChI=1S/C16H21NS/c1-2-4-6-13(5-3-1)12-17-15-7-8-16-14(11-15)9-10-18-16/h7-11,13,17H,1-6,12H2. The molecule has 1 aromatic carbocycles. The lowest BCUT2D eigenvalue weighted by atomic mass is 10.0. The monoisotopic (exact) mass is 259 g/mol. The molecule has 0 aliphatic heterocycles. The Morgan fingerprint density at radius 1 is 1.06 bits per heavy atom. The summed E-state index contributed by atoms with van der Waals surface area (Å²) in [7, 11) is 0. The first-order valence-electron chi connectivity index (χ1n) is 7.13. The average molecular weight is 259 g/mol. The van der Waals surface area contributed by atoms with Gasteiger partial charge in [0.2, 0.25) is 0 Å². The minimum atomic E-state index is 0.880. The van der Waals surface area contributed by atoms with E-state index in [-0.39, 0.29) is 0 Å². The molecule has 0 atom stereocenters. The average Bonchev–Trinajstić information content (AvgIpc) is 2.70. The van der Waals surface area contributed by atoms with E-state index in [1.54, 1.807) is 0 Å². The van der Waals surface area contributed by atoms with Crippen molar-refractivity contribution in [2.45, 2.75) is 38.5 Å². The molecule has 0 saturated heterocycles. The van der Waals surface area contributed by atoms with E-state index in [1.165, 1.54) is 54.3 Å². The van der Waals surface area contributed by atoms with Gasteiger partial charge in [0, 0.05) is 16.9 Å². The van der Waals surface area contributed by atoms with Gasteiger partial charge in [-0.25, -0.2) is 0 Å². The quantitative estimate of drug-likeness (QED) is 0.739. The second kappa shape index (κ2) is 5.75. The zero-order valence-electron chi connectivity index (χ0n) is 10.8. The highest BCUT2D eigenvalue weighted by Crippen LogP contribution is 2.26. The predicted octanol–water partition coefficient (Wildman–Crippen LogP) is 5.28. The molecule has 18 heavy (non-hydrogen) atoms. The van der Waals surface area contributed by atoms with Gasteiger partial charge in [0.25, 0.3) is 0 Å². The highest BCUT2D eigenvalue weighted by atomic mass is 32.1. The summed E-state index contributed by atoms with van der Waals surface area (Å²) < 4.78 is 1.38. The van der Waals surface area contributed by atoms with E-state index in [1.807, 2.05) is 11.3 Å². The van der Waals surface area contributed by atoms with Crippen LogP contribution in [0.2, 0.25) is 0 Å². The molecule has 1 aliphatic rings. The van der Waals surface area contributed by atoms with Crippen LogP contribution in [0.1, 0.15) is 38.5 Å². The Labute approximate surface area is 113 Å². The van der Waals surface area contributed by atoms with Gasteiger partial charge in [-0.05, 0) is 53.8 Å². The van der Waals surface area contributed by atoms with Gasteiger partial charge in [-0.2, -0.15) is 0 Å². The van der Waals surface area contributed by atoms with E-state index in [2.05, 4.69) is 35.0 Å². The normalized spacial score (nSPS) is 17.8. The van der Waals surface area contributed by atoms with Gasteiger partial charge < -0.3 is 5.32 Å². The van der Waals surface area contributed by atoms with Crippen LogP contribution in [-0.2, 0) is 0 Å². The number of fused-ring (bicyclic) bond motifs is 1. The molecule has 0 radical (unpaired) electrons. The molecular formula is C16H21NS. The van der Waals surface area contributed by atoms with E-state index in [0.29, 0.717) is 0 Å². The SMILES string of the molecule is c1cc2cc(NCC3CCCCCC3)ccc2s1. The van der Waals surface area contributed by atoms with Crippen molar-refractivity contribution in [1.82, 2.24) is 0 Å². The number of benzene rings is 1. The second-order valence-electron chi connectivity index (χ2n) is 5.41. The van der Waals surface area contributed by atoms with Gasteiger partial charge in [-0.15, -0.1) is 11.3 Å². The van der Waals surface area contributed by atoms with Crippen LogP contribution < -0.4 is 5.32 Å². The topological polar surface area (TPSA) is 12.0 Å². The highest BCUT2D eigenvalue weighted by molar-refractivity contribution is 7.17. The third-order valence-corrected chi connectivity index (χ3v) is 4.92. The van der Waals surface area contributed by atoms with Crippen molar-refractivity contribution in [2.24, 2.45) is 5.92 Å². The lowest BCUT2D eigenvalue weighted by Gasteiger charge is -2.15. The van der Waals surface area contributed by atoms with Crippen LogP contribution in [0.5, 0.6) is 0 Å². The number of anilines is 1. The van der Waals surface area contributed by atoms with Crippen molar-refractivity contribution in [1.29, 1.82) is 0 Å². The summed E-state index contributed by atoms with van der Waals surface area (Å²) in [6.07, 6.45) is 8.56. The molecule has 96 valence electrons. The van der Waals surface area contributed by atoms with Crippen molar-refractivity contribution in [3.8, 4) is 0 Å². The first-order valence-corrected chi connectivity index (χ1v) is 8.01. The van der Waals surface area contributed by atoms with Crippen LogP contribution in [0.4, 0.5) is 5.69 Å². The fraction of sp³-hybridized carbons (Fsp3) is 0.500. The maximum atomic E-state index is 3.63. The summed E-state index contributed by atoms with van der Waals surface area (Å²) in [5.74, 6) is 0.880. The van der Waals surface area contributed by atoms with E-state index in [4.69, 9.17) is 0 Å². The fourth-order valence-corrected chi connectivity index (χ4v) is 3.68. The minimum absolute atomic E-state index is 0.880. The predicted molar refractivity (Wildman–Crippen MR) is 81.5 cm³/mol. The van der Waals surface area contributed by atoms with Crippen LogP contribution in [0.25, 0.3) is 10.1 Å². The molecule has 1 heterocycles. The molecule has 1 fully saturated rings. The summed E-state index contributed by atoms with van der Waals surface area (Å²) in [6.45, 7) is 1.15. The Kier molecular flexibility index (Phi) is 3.84. The molecule has 0 bridgehead atoms. The van der Waals surface area contributed by atoms with Gasteiger partial charge in [0.1, 0.15) is 0 Å². The molecule has 1 saturated carbocycles. The van der Waals surface area contributed by atoms with Crippen LogP contribution in [0.15, 0.2) is 29.6 Å². The van der Waals surface area contributed by atoms with Gasteiger partial charge in [0.05, 0.1) is 0 Å². The largest absolute Gasteiger partial charge is 0.385 e. The first kappa shape index (κ1) is 12.0. The number of rotatable bonds is 3. The molecule has 0 amide bonds. The van der Waals surface area contributed by atoms with Crippen LogP contribution >= 0.6 is 11.3 Å². The molecule has 1 aliphatic carbocycles. The Hall–Kier alpha value is -1.02.